The van der Waals surface area contributed by atoms with Crippen molar-refractivity contribution in [2.45, 2.75) is 43.7 Å². The van der Waals surface area contributed by atoms with Gasteiger partial charge in [-0.3, -0.25) is 24.6 Å². The molecular formula is C26H37N5O5. The number of unbranched alkanes of at least 4 members (excludes halogenated alkanes) is 1. The van der Waals surface area contributed by atoms with E-state index < -0.39 is 35.2 Å². The lowest BCUT2D eigenvalue weighted by atomic mass is 9.54. The van der Waals surface area contributed by atoms with Crippen LogP contribution in [0.15, 0.2) is 48.8 Å². The summed E-state index contributed by atoms with van der Waals surface area (Å²) in [7, 11) is 1.93. The number of piperidine rings is 2. The Labute approximate surface area is 211 Å². The van der Waals surface area contributed by atoms with Crippen LogP contribution in [0.5, 0.6) is 0 Å². The molecular weight excluding hydrogens is 462 g/mol. The molecule has 2 aromatic rings. The van der Waals surface area contributed by atoms with E-state index in [0.29, 0.717) is 30.8 Å². The number of aromatic nitrogens is 2. The first kappa shape index (κ1) is 26.6. The molecule has 2 aliphatic heterocycles. The van der Waals surface area contributed by atoms with Crippen molar-refractivity contribution in [2.24, 2.45) is 16.6 Å². The fourth-order valence-electron chi connectivity index (χ4n) is 6.59. The maximum Gasteiger partial charge on any atom is 0.294 e. The van der Waals surface area contributed by atoms with Gasteiger partial charge in [0.05, 0.1) is 53.6 Å². The van der Waals surface area contributed by atoms with Crippen molar-refractivity contribution in [3.8, 4) is 0 Å². The molecule has 2 aliphatic rings. The van der Waals surface area contributed by atoms with Gasteiger partial charge in [0.15, 0.2) is 6.23 Å². The van der Waals surface area contributed by atoms with Gasteiger partial charge in [-0.15, -0.1) is 0 Å². The highest BCUT2D eigenvalue weighted by atomic mass is 16.5. The molecule has 0 saturated carbocycles. The number of pyridine rings is 2. The Bertz CT molecular complexity index is 920. The zero-order valence-corrected chi connectivity index (χ0v) is 20.7. The molecule has 10 nitrogen and oxygen atoms in total. The van der Waals surface area contributed by atoms with Crippen molar-refractivity contribution in [1.29, 1.82) is 0 Å². The van der Waals surface area contributed by atoms with Crippen LogP contribution in [-0.2, 0) is 9.53 Å². The minimum atomic E-state index is -1.12. The average molecular weight is 500 g/mol. The normalized spacial score (nSPS) is 31.6. The van der Waals surface area contributed by atoms with Gasteiger partial charge in [0, 0.05) is 25.5 Å². The van der Waals surface area contributed by atoms with Gasteiger partial charge in [0.1, 0.15) is 0 Å². The molecule has 10 heteroatoms. The van der Waals surface area contributed by atoms with E-state index >= 15 is 0 Å². The lowest BCUT2D eigenvalue weighted by Crippen LogP contribution is -2.75. The van der Waals surface area contributed by atoms with Crippen molar-refractivity contribution in [1.82, 2.24) is 19.8 Å². The quantitative estimate of drug-likeness (QED) is 0.254. The third-order valence-electron chi connectivity index (χ3n) is 8.04. The van der Waals surface area contributed by atoms with Crippen LogP contribution in [0.2, 0.25) is 0 Å². The van der Waals surface area contributed by atoms with Crippen molar-refractivity contribution in [3.63, 3.8) is 0 Å². The van der Waals surface area contributed by atoms with Gasteiger partial charge in [0.2, 0.25) is 0 Å². The van der Waals surface area contributed by atoms with E-state index in [-0.39, 0.29) is 26.3 Å². The SMILES string of the molecule is CN1[C@@H](c2ccccn2)C2(CO)CN([C@@H](CCCCN)OC=O)CC(CO)(C2O)[C@H]1c1ccccn1. The van der Waals surface area contributed by atoms with Crippen LogP contribution in [0, 0.1) is 10.8 Å². The topological polar surface area (TPSA) is 145 Å². The van der Waals surface area contributed by atoms with E-state index in [1.165, 1.54) is 0 Å². The summed E-state index contributed by atoms with van der Waals surface area (Å²) in [6, 6.07) is 10.1. The monoisotopic (exact) mass is 499 g/mol. The first-order valence-corrected chi connectivity index (χ1v) is 12.5. The largest absolute Gasteiger partial charge is 0.449 e. The lowest BCUT2D eigenvalue weighted by molar-refractivity contribution is -0.274. The highest BCUT2D eigenvalue weighted by molar-refractivity contribution is 5.37. The number of hydrogen-bond acceptors (Lipinski definition) is 10. The first-order chi connectivity index (χ1) is 17.5. The van der Waals surface area contributed by atoms with Crippen LogP contribution in [0.1, 0.15) is 42.7 Å². The molecule has 0 aromatic carbocycles. The zero-order chi connectivity index (χ0) is 25.8. The van der Waals surface area contributed by atoms with Crippen LogP contribution in [0.25, 0.3) is 0 Å². The number of carbonyl (C=O) groups is 1. The molecule has 3 unspecified atom stereocenters. The second-order valence-corrected chi connectivity index (χ2v) is 10.0. The predicted molar refractivity (Wildman–Crippen MR) is 132 cm³/mol. The van der Waals surface area contributed by atoms with Crippen LogP contribution in [0.4, 0.5) is 0 Å². The molecule has 2 bridgehead atoms. The Morgan fingerprint density at radius 2 is 1.61 bits per heavy atom. The van der Waals surface area contributed by atoms with Crippen LogP contribution >= 0.6 is 0 Å². The van der Waals surface area contributed by atoms with Crippen LogP contribution in [0.3, 0.4) is 0 Å². The number of hydrogen-bond donors (Lipinski definition) is 4. The molecule has 2 aromatic heterocycles. The number of rotatable bonds is 11. The molecule has 36 heavy (non-hydrogen) atoms. The summed E-state index contributed by atoms with van der Waals surface area (Å²) in [6.45, 7) is 0.737. The second kappa shape index (κ2) is 11.3. The van der Waals surface area contributed by atoms with Crippen LogP contribution < -0.4 is 5.73 Å². The van der Waals surface area contributed by atoms with Gasteiger partial charge in [-0.1, -0.05) is 12.1 Å². The fraction of sp³-hybridized carbons (Fsp3) is 0.577. The lowest BCUT2D eigenvalue weighted by Gasteiger charge is -2.67. The van der Waals surface area contributed by atoms with E-state index in [2.05, 4.69) is 14.9 Å². The number of nitrogens with two attached hydrogens (primary N) is 1. The maximum absolute atomic E-state index is 12.1. The summed E-state index contributed by atoms with van der Waals surface area (Å²) in [4.78, 5) is 24.7. The number of carbonyl (C=O) groups excluding carboxylic acids is 1. The minimum absolute atomic E-state index is 0.244. The zero-order valence-electron chi connectivity index (χ0n) is 20.7. The van der Waals surface area contributed by atoms with Gasteiger partial charge < -0.3 is 25.8 Å². The molecule has 2 fully saturated rings. The number of aliphatic hydroxyl groups is 3. The third kappa shape index (κ3) is 4.42. The second-order valence-electron chi connectivity index (χ2n) is 10.0. The van der Waals surface area contributed by atoms with Gasteiger partial charge in [-0.25, -0.2) is 0 Å². The molecule has 0 spiro atoms. The summed E-state index contributed by atoms with van der Waals surface area (Å²) in [6.07, 6.45) is 3.78. The van der Waals surface area contributed by atoms with E-state index in [9.17, 15) is 20.1 Å². The molecule has 4 rings (SSSR count). The number of fused-ring (bicyclic) bond motifs is 2. The van der Waals surface area contributed by atoms with Crippen molar-refractivity contribution >= 4 is 6.47 Å². The smallest absolute Gasteiger partial charge is 0.294 e. The van der Waals surface area contributed by atoms with Crippen molar-refractivity contribution < 1.29 is 24.9 Å². The summed E-state index contributed by atoms with van der Waals surface area (Å²) in [5.74, 6) is 0. The summed E-state index contributed by atoms with van der Waals surface area (Å²) >= 11 is 0. The highest BCUT2D eigenvalue weighted by Crippen LogP contribution is 2.61. The fourth-order valence-corrected chi connectivity index (χ4v) is 6.59. The average Bonchev–Trinajstić information content (AvgIpc) is 2.91. The minimum Gasteiger partial charge on any atom is -0.449 e. The number of likely N-dealkylation sites (tertiary alicyclic amines) is 2. The number of aliphatic hydroxyl groups excluding tert-OH is 3. The van der Waals surface area contributed by atoms with Gasteiger partial charge in [-0.2, -0.15) is 0 Å². The van der Waals surface area contributed by atoms with Crippen LogP contribution in [-0.4, -0.2) is 93.8 Å². The van der Waals surface area contributed by atoms with E-state index in [1.54, 1.807) is 12.4 Å². The number of ether oxygens (including phenoxy) is 1. The molecule has 0 amide bonds. The Balaban J connectivity index is 1.88. The van der Waals surface area contributed by atoms with Gasteiger partial charge >= 0.3 is 0 Å². The predicted octanol–water partition coefficient (Wildman–Crippen LogP) is 0.466. The molecule has 5 N–H and O–H groups in total. The number of nitrogens with zero attached hydrogens (tertiary/aromatic N) is 4. The van der Waals surface area contributed by atoms with Gasteiger partial charge in [-0.05, 0) is 57.1 Å². The summed E-state index contributed by atoms with van der Waals surface area (Å²) in [5, 5.41) is 34.0. The standard InChI is InChI=1S/C26H37N5O5/c1-30-22(19-8-3-6-12-28-19)25(16-32)14-31(21(36-18-34)10-2-5-11-27)15-26(17-33,24(25)35)23(30)20-9-4-7-13-29-20/h3-4,6-9,12-13,18,21-24,32-33,35H,2,5,10-11,14-17,27H2,1H3/t21-,22-,23+,24?,25?,26?/m1/s1. The molecule has 6 atom stereocenters. The molecule has 0 radical (unpaired) electrons. The first-order valence-electron chi connectivity index (χ1n) is 12.5. The van der Waals surface area contributed by atoms with Gasteiger partial charge in [0.25, 0.3) is 6.47 Å². The third-order valence-corrected chi connectivity index (χ3v) is 8.04. The maximum atomic E-state index is 12.1. The van der Waals surface area contributed by atoms with Crippen molar-refractivity contribution in [2.75, 3.05) is 39.9 Å². The Kier molecular flexibility index (Phi) is 8.34. The Morgan fingerprint density at radius 1 is 1.06 bits per heavy atom. The van der Waals surface area contributed by atoms with E-state index in [4.69, 9.17) is 10.5 Å². The summed E-state index contributed by atoms with van der Waals surface area (Å²) in [5.41, 5.74) is 4.83. The van der Waals surface area contributed by atoms with Crippen molar-refractivity contribution in [3.05, 3.63) is 60.2 Å². The summed E-state index contributed by atoms with van der Waals surface area (Å²) < 4.78 is 5.53. The Hall–Kier alpha value is -2.47. The van der Waals surface area contributed by atoms with E-state index in [1.807, 2.05) is 48.3 Å². The van der Waals surface area contributed by atoms with E-state index in [0.717, 1.165) is 12.8 Å². The molecule has 196 valence electrons. The molecule has 4 heterocycles. The highest BCUT2D eigenvalue weighted by Gasteiger charge is 2.68. The molecule has 0 aliphatic carbocycles. The molecule has 2 saturated heterocycles. The Morgan fingerprint density at radius 3 is 2.03 bits per heavy atom.